The maximum atomic E-state index is 12.2. The fraction of sp³-hybridized carbons (Fsp3) is 0. The Bertz CT molecular complexity index is 907. The largest absolute Gasteiger partial charge is 0.323 e. The van der Waals surface area contributed by atoms with E-state index < -0.39 is 6.03 Å². The molecule has 0 spiro atoms. The highest BCUT2D eigenvalue weighted by Gasteiger charge is 2.08. The lowest BCUT2D eigenvalue weighted by molar-refractivity contribution is 0.262. The van der Waals surface area contributed by atoms with Crippen molar-refractivity contribution in [2.24, 2.45) is 0 Å². The van der Waals surface area contributed by atoms with E-state index in [1.54, 1.807) is 48.7 Å². The number of hydrogen-bond acceptors (Lipinski definition) is 3. The van der Waals surface area contributed by atoms with E-state index in [2.05, 4.69) is 15.6 Å². The zero-order chi connectivity index (χ0) is 15.5. The van der Waals surface area contributed by atoms with E-state index in [1.807, 2.05) is 0 Å². The van der Waals surface area contributed by atoms with Crippen molar-refractivity contribution in [3.63, 3.8) is 0 Å². The summed E-state index contributed by atoms with van der Waals surface area (Å²) in [5, 5.41) is 5.58. The number of amides is 2. The molecule has 6 nitrogen and oxygen atoms in total. The molecular weight excluding hydrogens is 304 g/mol. The molecule has 0 bridgehead atoms. The molecule has 7 heteroatoms. The Labute approximate surface area is 130 Å². The summed E-state index contributed by atoms with van der Waals surface area (Å²) in [5.74, 6) is 0. The third-order valence-corrected chi connectivity index (χ3v) is 3.18. The fourth-order valence-corrected chi connectivity index (χ4v) is 2.15. The van der Waals surface area contributed by atoms with Crippen molar-refractivity contribution in [1.29, 1.82) is 0 Å². The summed E-state index contributed by atoms with van der Waals surface area (Å²) in [4.78, 5) is 28.3. The Hall–Kier alpha value is -2.86. The molecule has 0 aliphatic rings. The van der Waals surface area contributed by atoms with Crippen LogP contribution < -0.4 is 16.2 Å². The topological polar surface area (TPSA) is 75.5 Å². The highest BCUT2D eigenvalue weighted by molar-refractivity contribution is 6.30. The van der Waals surface area contributed by atoms with Crippen LogP contribution in [0.25, 0.3) is 5.65 Å². The molecule has 2 heterocycles. The third kappa shape index (κ3) is 2.91. The summed E-state index contributed by atoms with van der Waals surface area (Å²) in [7, 11) is 0. The second-order valence-electron chi connectivity index (χ2n) is 4.50. The van der Waals surface area contributed by atoms with Crippen LogP contribution in [0.1, 0.15) is 0 Å². The van der Waals surface area contributed by atoms with Gasteiger partial charge in [0.2, 0.25) is 0 Å². The van der Waals surface area contributed by atoms with Crippen LogP contribution in [0.3, 0.4) is 0 Å². The highest BCUT2D eigenvalue weighted by Crippen LogP contribution is 2.15. The van der Waals surface area contributed by atoms with Gasteiger partial charge < -0.3 is 10.6 Å². The molecule has 0 radical (unpaired) electrons. The maximum Gasteiger partial charge on any atom is 0.323 e. The van der Waals surface area contributed by atoms with E-state index in [4.69, 9.17) is 11.6 Å². The number of benzene rings is 1. The van der Waals surface area contributed by atoms with Gasteiger partial charge in [0.15, 0.2) is 0 Å². The number of aromatic nitrogens is 2. The van der Waals surface area contributed by atoms with Crippen LogP contribution in [0.5, 0.6) is 0 Å². The van der Waals surface area contributed by atoms with E-state index in [0.29, 0.717) is 16.4 Å². The van der Waals surface area contributed by atoms with E-state index in [-0.39, 0.29) is 11.2 Å². The van der Waals surface area contributed by atoms with Crippen LogP contribution in [0.15, 0.2) is 59.7 Å². The number of anilines is 2. The molecule has 0 saturated carbocycles. The maximum absolute atomic E-state index is 12.2. The molecule has 3 rings (SSSR count). The summed E-state index contributed by atoms with van der Waals surface area (Å²) in [6, 6.07) is 11.4. The van der Waals surface area contributed by atoms with Crippen molar-refractivity contribution in [2.75, 3.05) is 10.6 Å². The number of rotatable bonds is 2. The molecular formula is C15H11ClN4O2. The number of carbonyl (C=O) groups excluding carboxylic acids is 1. The summed E-state index contributed by atoms with van der Waals surface area (Å²) in [6.07, 6.45) is 2.92. The van der Waals surface area contributed by atoms with E-state index in [1.165, 1.54) is 10.6 Å². The average Bonchev–Trinajstić information content (AvgIpc) is 2.50. The van der Waals surface area contributed by atoms with Crippen molar-refractivity contribution in [2.45, 2.75) is 0 Å². The van der Waals surface area contributed by atoms with Crippen LogP contribution >= 0.6 is 11.6 Å². The summed E-state index contributed by atoms with van der Waals surface area (Å²) in [6.45, 7) is 0. The molecule has 110 valence electrons. The minimum absolute atomic E-state index is 0.0863. The number of pyridine rings is 1. The van der Waals surface area contributed by atoms with Crippen molar-refractivity contribution in [1.82, 2.24) is 9.38 Å². The molecule has 0 saturated heterocycles. The van der Waals surface area contributed by atoms with Crippen LogP contribution in [0.2, 0.25) is 5.02 Å². The van der Waals surface area contributed by atoms with Gasteiger partial charge in [-0.25, -0.2) is 9.78 Å². The van der Waals surface area contributed by atoms with E-state index in [9.17, 15) is 9.59 Å². The average molecular weight is 315 g/mol. The SMILES string of the molecule is O=C(Nc1cccc(Cl)c1)Nc1cnc2ccccn2c1=O. The standard InChI is InChI=1S/C15H11ClN4O2/c16-10-4-3-5-11(8-10)18-15(22)19-12-9-17-13-6-1-2-7-20(13)14(12)21/h1-9H,(H2,18,19,22). The van der Waals surface area contributed by atoms with E-state index in [0.717, 1.165) is 0 Å². The van der Waals surface area contributed by atoms with Crippen molar-refractivity contribution in [3.8, 4) is 0 Å². The fourth-order valence-electron chi connectivity index (χ4n) is 1.96. The molecule has 0 aliphatic carbocycles. The molecule has 0 unspecified atom stereocenters. The zero-order valence-corrected chi connectivity index (χ0v) is 12.0. The van der Waals surface area contributed by atoms with Gasteiger partial charge in [-0.15, -0.1) is 0 Å². The van der Waals surface area contributed by atoms with Crippen molar-refractivity contribution >= 4 is 34.7 Å². The molecule has 0 fully saturated rings. The van der Waals surface area contributed by atoms with Crippen molar-refractivity contribution < 1.29 is 4.79 Å². The molecule has 2 aromatic heterocycles. The Kier molecular flexibility index (Phi) is 3.76. The summed E-state index contributed by atoms with van der Waals surface area (Å²) >= 11 is 5.84. The van der Waals surface area contributed by atoms with Crippen LogP contribution in [0.4, 0.5) is 16.2 Å². The predicted octanol–water partition coefficient (Wildman–Crippen LogP) is 2.99. The number of carbonyl (C=O) groups is 1. The number of hydrogen-bond donors (Lipinski definition) is 2. The summed E-state index contributed by atoms with van der Waals surface area (Å²) < 4.78 is 1.36. The van der Waals surface area contributed by atoms with Gasteiger partial charge in [0.05, 0.1) is 6.20 Å². The van der Waals surface area contributed by atoms with Gasteiger partial charge in [-0.3, -0.25) is 9.20 Å². The minimum atomic E-state index is -0.544. The minimum Gasteiger partial charge on any atom is -0.308 e. The molecule has 3 aromatic rings. The first-order valence-corrected chi connectivity index (χ1v) is 6.81. The highest BCUT2D eigenvalue weighted by atomic mass is 35.5. The quantitative estimate of drug-likeness (QED) is 0.763. The Morgan fingerprint density at radius 1 is 1.14 bits per heavy atom. The lowest BCUT2D eigenvalue weighted by Gasteiger charge is -2.08. The Morgan fingerprint density at radius 3 is 2.82 bits per heavy atom. The molecule has 2 N–H and O–H groups in total. The molecule has 1 aromatic carbocycles. The molecule has 0 atom stereocenters. The Morgan fingerprint density at radius 2 is 2.00 bits per heavy atom. The second-order valence-corrected chi connectivity index (χ2v) is 4.93. The van der Waals surface area contributed by atoms with Gasteiger partial charge in [0, 0.05) is 16.9 Å². The van der Waals surface area contributed by atoms with Crippen LogP contribution in [-0.2, 0) is 0 Å². The molecule has 2 amide bonds. The first-order chi connectivity index (χ1) is 10.6. The van der Waals surface area contributed by atoms with Gasteiger partial charge in [-0.1, -0.05) is 23.7 Å². The normalized spacial score (nSPS) is 10.4. The first kappa shape index (κ1) is 14.1. The van der Waals surface area contributed by atoms with Crippen LogP contribution in [-0.4, -0.2) is 15.4 Å². The third-order valence-electron chi connectivity index (χ3n) is 2.94. The summed E-state index contributed by atoms with van der Waals surface area (Å²) in [5.41, 5.74) is 0.766. The Balaban J connectivity index is 1.82. The van der Waals surface area contributed by atoms with Gasteiger partial charge in [0.25, 0.3) is 5.56 Å². The molecule has 0 aliphatic heterocycles. The smallest absolute Gasteiger partial charge is 0.308 e. The lowest BCUT2D eigenvalue weighted by Crippen LogP contribution is -2.26. The number of urea groups is 1. The van der Waals surface area contributed by atoms with Crippen molar-refractivity contribution in [3.05, 3.63) is 70.2 Å². The number of fused-ring (bicyclic) bond motifs is 1. The van der Waals surface area contributed by atoms with Gasteiger partial charge in [0.1, 0.15) is 11.3 Å². The number of halogens is 1. The van der Waals surface area contributed by atoms with Gasteiger partial charge in [-0.2, -0.15) is 0 Å². The van der Waals surface area contributed by atoms with Gasteiger partial charge >= 0.3 is 6.03 Å². The number of nitrogens with zero attached hydrogens (tertiary/aromatic N) is 2. The zero-order valence-electron chi connectivity index (χ0n) is 11.3. The van der Waals surface area contributed by atoms with Gasteiger partial charge in [-0.05, 0) is 30.3 Å². The first-order valence-electron chi connectivity index (χ1n) is 6.43. The second kappa shape index (κ2) is 5.87. The lowest BCUT2D eigenvalue weighted by atomic mass is 10.3. The van der Waals surface area contributed by atoms with E-state index >= 15 is 0 Å². The monoisotopic (exact) mass is 314 g/mol. The molecule has 22 heavy (non-hydrogen) atoms. The predicted molar refractivity (Wildman–Crippen MR) is 85.6 cm³/mol. The number of nitrogens with one attached hydrogen (secondary N) is 2. The van der Waals surface area contributed by atoms with Crippen LogP contribution in [0, 0.1) is 0 Å².